The van der Waals surface area contributed by atoms with Crippen molar-refractivity contribution in [3.63, 3.8) is 0 Å². The molecule has 2 aromatic rings. The van der Waals surface area contributed by atoms with Gasteiger partial charge in [0, 0.05) is 5.56 Å². The van der Waals surface area contributed by atoms with Crippen LogP contribution in [-0.2, 0) is 0 Å². The summed E-state index contributed by atoms with van der Waals surface area (Å²) in [7, 11) is 0. The van der Waals surface area contributed by atoms with E-state index in [1.54, 1.807) is 30.3 Å². The molecule has 102 valence electrons. The zero-order valence-electron chi connectivity index (χ0n) is 11.3. The summed E-state index contributed by atoms with van der Waals surface area (Å²) in [6, 6.07) is 11.8. The first-order valence-electron chi connectivity index (χ1n) is 6.19. The molecule has 20 heavy (non-hydrogen) atoms. The molecule has 0 atom stereocenters. The minimum atomic E-state index is -1.07. The average Bonchev–Trinajstić information content (AvgIpc) is 2.37. The highest BCUT2D eigenvalue weighted by molar-refractivity contribution is 6.07. The summed E-state index contributed by atoms with van der Waals surface area (Å²) >= 11 is 0. The Bertz CT molecular complexity index is 657. The van der Waals surface area contributed by atoms with Crippen molar-refractivity contribution in [3.8, 4) is 0 Å². The van der Waals surface area contributed by atoms with Crippen LogP contribution in [0.5, 0.6) is 0 Å². The summed E-state index contributed by atoms with van der Waals surface area (Å²) in [6.07, 6.45) is 0. The highest BCUT2D eigenvalue weighted by Gasteiger charge is 2.13. The number of rotatable bonds is 3. The SMILES string of the molecule is Cc1cc(C)cc(C(=O)Nc2ccccc2C(=O)O)c1. The molecule has 0 radical (unpaired) electrons. The Morgan fingerprint density at radius 1 is 1.00 bits per heavy atom. The zero-order chi connectivity index (χ0) is 14.7. The highest BCUT2D eigenvalue weighted by Crippen LogP contribution is 2.17. The van der Waals surface area contributed by atoms with Crippen LogP contribution in [0.15, 0.2) is 42.5 Å². The lowest BCUT2D eigenvalue weighted by Crippen LogP contribution is -2.15. The number of anilines is 1. The molecule has 0 aliphatic heterocycles. The number of benzene rings is 2. The van der Waals surface area contributed by atoms with Gasteiger partial charge in [-0.25, -0.2) is 4.79 Å². The molecule has 2 rings (SSSR count). The lowest BCUT2D eigenvalue weighted by Gasteiger charge is -2.09. The molecular formula is C16H15NO3. The van der Waals surface area contributed by atoms with Crippen molar-refractivity contribution in [2.45, 2.75) is 13.8 Å². The molecule has 2 aromatic carbocycles. The minimum absolute atomic E-state index is 0.0743. The quantitative estimate of drug-likeness (QED) is 0.898. The number of hydrogen-bond acceptors (Lipinski definition) is 2. The van der Waals surface area contributed by atoms with Gasteiger partial charge >= 0.3 is 5.97 Å². The number of carbonyl (C=O) groups is 2. The number of amides is 1. The summed E-state index contributed by atoms with van der Waals surface area (Å²) in [6.45, 7) is 3.82. The summed E-state index contributed by atoms with van der Waals surface area (Å²) < 4.78 is 0. The molecule has 2 N–H and O–H groups in total. The first-order chi connectivity index (χ1) is 9.47. The predicted molar refractivity (Wildman–Crippen MR) is 77.3 cm³/mol. The number of hydrogen-bond donors (Lipinski definition) is 2. The van der Waals surface area contributed by atoms with E-state index in [-0.39, 0.29) is 11.5 Å². The van der Waals surface area contributed by atoms with Crippen LogP contribution >= 0.6 is 0 Å². The number of nitrogens with one attached hydrogen (secondary N) is 1. The predicted octanol–water partition coefficient (Wildman–Crippen LogP) is 3.25. The van der Waals surface area contributed by atoms with E-state index in [0.717, 1.165) is 11.1 Å². The van der Waals surface area contributed by atoms with Gasteiger partial charge in [-0.2, -0.15) is 0 Å². The molecule has 4 heteroatoms. The van der Waals surface area contributed by atoms with E-state index in [1.165, 1.54) is 6.07 Å². The molecule has 0 spiro atoms. The summed E-state index contributed by atoms with van der Waals surface area (Å²) in [5.41, 5.74) is 2.86. The third-order valence-electron chi connectivity index (χ3n) is 2.89. The van der Waals surface area contributed by atoms with E-state index in [4.69, 9.17) is 5.11 Å². The second kappa shape index (κ2) is 5.57. The normalized spacial score (nSPS) is 10.1. The van der Waals surface area contributed by atoms with Crippen LogP contribution in [-0.4, -0.2) is 17.0 Å². The number of carbonyl (C=O) groups excluding carboxylic acids is 1. The Kier molecular flexibility index (Phi) is 3.84. The smallest absolute Gasteiger partial charge is 0.337 e. The van der Waals surface area contributed by atoms with Crippen LogP contribution < -0.4 is 5.32 Å². The van der Waals surface area contributed by atoms with Gasteiger partial charge in [0.1, 0.15) is 0 Å². The van der Waals surface area contributed by atoms with Crippen molar-refractivity contribution >= 4 is 17.6 Å². The van der Waals surface area contributed by atoms with Gasteiger partial charge in [0.2, 0.25) is 0 Å². The molecule has 0 heterocycles. The third kappa shape index (κ3) is 3.03. The molecule has 0 saturated carbocycles. The highest BCUT2D eigenvalue weighted by atomic mass is 16.4. The van der Waals surface area contributed by atoms with Gasteiger partial charge < -0.3 is 10.4 Å². The Labute approximate surface area is 117 Å². The minimum Gasteiger partial charge on any atom is -0.478 e. The van der Waals surface area contributed by atoms with Crippen molar-refractivity contribution in [1.29, 1.82) is 0 Å². The molecule has 0 fully saturated rings. The van der Waals surface area contributed by atoms with Gasteiger partial charge in [0.05, 0.1) is 11.3 Å². The van der Waals surface area contributed by atoms with Gasteiger partial charge in [0.15, 0.2) is 0 Å². The Morgan fingerprint density at radius 3 is 2.20 bits per heavy atom. The standard InChI is InChI=1S/C16H15NO3/c1-10-7-11(2)9-12(8-10)15(18)17-14-6-4-3-5-13(14)16(19)20/h3-9H,1-2H3,(H,17,18)(H,19,20). The monoisotopic (exact) mass is 269 g/mol. The van der Waals surface area contributed by atoms with E-state index >= 15 is 0 Å². The molecule has 4 nitrogen and oxygen atoms in total. The largest absolute Gasteiger partial charge is 0.478 e. The topological polar surface area (TPSA) is 66.4 Å². The Hall–Kier alpha value is -2.62. The van der Waals surface area contributed by atoms with Gasteiger partial charge in [-0.1, -0.05) is 29.3 Å². The lowest BCUT2D eigenvalue weighted by molar-refractivity contribution is 0.0698. The van der Waals surface area contributed by atoms with Crippen molar-refractivity contribution in [2.75, 3.05) is 5.32 Å². The van der Waals surface area contributed by atoms with Crippen LogP contribution in [0.3, 0.4) is 0 Å². The number of aryl methyl sites for hydroxylation is 2. The molecule has 0 aliphatic rings. The maximum absolute atomic E-state index is 12.2. The van der Waals surface area contributed by atoms with E-state index in [1.807, 2.05) is 19.9 Å². The molecular weight excluding hydrogens is 254 g/mol. The second-order valence-corrected chi connectivity index (χ2v) is 4.68. The van der Waals surface area contributed by atoms with Crippen LogP contribution in [0, 0.1) is 13.8 Å². The van der Waals surface area contributed by atoms with E-state index in [9.17, 15) is 9.59 Å². The van der Waals surface area contributed by atoms with E-state index < -0.39 is 5.97 Å². The van der Waals surface area contributed by atoms with E-state index in [2.05, 4.69) is 5.32 Å². The van der Waals surface area contributed by atoms with Gasteiger partial charge in [-0.15, -0.1) is 0 Å². The van der Waals surface area contributed by atoms with Crippen molar-refractivity contribution in [3.05, 3.63) is 64.7 Å². The summed E-state index contributed by atoms with van der Waals surface area (Å²) in [4.78, 5) is 23.3. The number of carboxylic acid groups (broad SMARTS) is 1. The number of aromatic carboxylic acids is 1. The molecule has 0 aromatic heterocycles. The van der Waals surface area contributed by atoms with Crippen LogP contribution in [0.2, 0.25) is 0 Å². The van der Waals surface area contributed by atoms with Gasteiger partial charge in [0.25, 0.3) is 5.91 Å². The van der Waals surface area contributed by atoms with Crippen molar-refractivity contribution in [1.82, 2.24) is 0 Å². The van der Waals surface area contributed by atoms with Crippen molar-refractivity contribution < 1.29 is 14.7 Å². The molecule has 0 saturated heterocycles. The molecule has 0 aliphatic carbocycles. The van der Waals surface area contributed by atoms with Gasteiger partial charge in [-0.3, -0.25) is 4.79 Å². The Balaban J connectivity index is 2.30. The second-order valence-electron chi connectivity index (χ2n) is 4.68. The van der Waals surface area contributed by atoms with Gasteiger partial charge in [-0.05, 0) is 38.1 Å². The summed E-state index contributed by atoms with van der Waals surface area (Å²) in [5.74, 6) is -1.38. The fourth-order valence-corrected chi connectivity index (χ4v) is 2.08. The summed E-state index contributed by atoms with van der Waals surface area (Å²) in [5, 5.41) is 11.7. The van der Waals surface area contributed by atoms with Crippen LogP contribution in [0.1, 0.15) is 31.8 Å². The van der Waals surface area contributed by atoms with Crippen LogP contribution in [0.4, 0.5) is 5.69 Å². The molecule has 0 unspecified atom stereocenters. The Morgan fingerprint density at radius 2 is 1.60 bits per heavy atom. The lowest BCUT2D eigenvalue weighted by atomic mass is 10.1. The van der Waals surface area contributed by atoms with E-state index in [0.29, 0.717) is 11.3 Å². The average molecular weight is 269 g/mol. The van der Waals surface area contributed by atoms with Crippen molar-refractivity contribution in [2.24, 2.45) is 0 Å². The fourth-order valence-electron chi connectivity index (χ4n) is 2.08. The fraction of sp³-hybridized carbons (Fsp3) is 0.125. The first kappa shape index (κ1) is 13.8. The first-order valence-corrected chi connectivity index (χ1v) is 6.19. The maximum atomic E-state index is 12.2. The molecule has 0 bridgehead atoms. The number of para-hydroxylation sites is 1. The number of carboxylic acids is 1. The van der Waals surface area contributed by atoms with Crippen LogP contribution in [0.25, 0.3) is 0 Å². The molecule has 1 amide bonds. The maximum Gasteiger partial charge on any atom is 0.337 e. The zero-order valence-corrected chi connectivity index (χ0v) is 11.3. The third-order valence-corrected chi connectivity index (χ3v) is 2.89.